The molecular weight excluding hydrogens is 346 g/mol. The van der Waals surface area contributed by atoms with E-state index in [2.05, 4.69) is 0 Å². The van der Waals surface area contributed by atoms with Crippen molar-refractivity contribution in [2.24, 2.45) is 0 Å². The first-order chi connectivity index (χ1) is 10.5. The van der Waals surface area contributed by atoms with Gasteiger partial charge in [0.25, 0.3) is 0 Å². The zero-order chi connectivity index (χ0) is 17.9. The van der Waals surface area contributed by atoms with Crippen LogP contribution in [0.25, 0.3) is 0 Å². The summed E-state index contributed by atoms with van der Waals surface area (Å²) in [4.78, 5) is 22.4. The molecule has 0 aliphatic rings. The van der Waals surface area contributed by atoms with Gasteiger partial charge in [-0.15, -0.1) is 0 Å². The van der Waals surface area contributed by atoms with Crippen LogP contribution in [0.4, 0.5) is 0 Å². The molecule has 1 rings (SSSR count). The summed E-state index contributed by atoms with van der Waals surface area (Å²) >= 11 is 6.03. The highest BCUT2D eigenvalue weighted by Crippen LogP contribution is 2.29. The van der Waals surface area contributed by atoms with Crippen LogP contribution in [0.3, 0.4) is 0 Å². The molecule has 0 bridgehead atoms. The number of rotatable bonds is 5. The van der Waals surface area contributed by atoms with Gasteiger partial charge in [0.05, 0.1) is 15.5 Å². The third kappa shape index (κ3) is 4.19. The van der Waals surface area contributed by atoms with Crippen molar-refractivity contribution in [3.05, 3.63) is 28.3 Å². The first kappa shape index (κ1) is 18.9. The van der Waals surface area contributed by atoms with Gasteiger partial charge in [-0.25, -0.2) is 18.2 Å². The van der Waals surface area contributed by atoms with Gasteiger partial charge in [-0.05, 0) is 12.1 Å². The third-order valence-electron chi connectivity index (χ3n) is 2.95. The number of sulfone groups is 1. The van der Waals surface area contributed by atoms with E-state index in [1.807, 2.05) is 0 Å². The monoisotopic (exact) mass is 359 g/mol. The molecule has 0 spiro atoms. The minimum Gasteiger partial charge on any atom is -0.478 e. The van der Waals surface area contributed by atoms with Crippen molar-refractivity contribution in [3.8, 4) is 6.19 Å². The fraction of sp³-hybridized carbons (Fsp3) is 0.308. The van der Waals surface area contributed by atoms with Crippen LogP contribution < -0.4 is 0 Å². The number of benzene rings is 1. The van der Waals surface area contributed by atoms with Crippen LogP contribution in [0.15, 0.2) is 17.0 Å². The molecule has 0 fully saturated rings. The lowest BCUT2D eigenvalue weighted by Crippen LogP contribution is -2.39. The van der Waals surface area contributed by atoms with Gasteiger partial charge in [-0.2, -0.15) is 10.3 Å². The molecule has 8 nitrogen and oxygen atoms in total. The van der Waals surface area contributed by atoms with Crippen molar-refractivity contribution in [1.82, 2.24) is 10.0 Å². The van der Waals surface area contributed by atoms with Gasteiger partial charge < -0.3 is 5.11 Å². The van der Waals surface area contributed by atoms with E-state index in [0.29, 0.717) is 5.01 Å². The average Bonchev–Trinajstić information content (AvgIpc) is 2.39. The van der Waals surface area contributed by atoms with Gasteiger partial charge in [0.15, 0.2) is 9.84 Å². The van der Waals surface area contributed by atoms with Gasteiger partial charge in [0.1, 0.15) is 0 Å². The summed E-state index contributed by atoms with van der Waals surface area (Å²) in [7, 11) is -2.31. The summed E-state index contributed by atoms with van der Waals surface area (Å²) in [5.74, 6) is -1.90. The largest absolute Gasteiger partial charge is 0.478 e. The summed E-state index contributed by atoms with van der Waals surface area (Å²) < 4.78 is 23.7. The highest BCUT2D eigenvalue weighted by Gasteiger charge is 2.24. The number of nitriles is 1. The van der Waals surface area contributed by atoms with Gasteiger partial charge in [0.2, 0.25) is 12.1 Å². The molecule has 23 heavy (non-hydrogen) atoms. The minimum absolute atomic E-state index is 0.00179. The van der Waals surface area contributed by atoms with Crippen LogP contribution >= 0.6 is 11.6 Å². The third-order valence-corrected chi connectivity index (χ3v) is 4.56. The van der Waals surface area contributed by atoms with E-state index in [-0.39, 0.29) is 27.6 Å². The number of nitrogens with zero attached hydrogens (tertiary/aromatic N) is 3. The molecular formula is C13H14ClN3O5S. The van der Waals surface area contributed by atoms with E-state index in [0.717, 1.165) is 30.3 Å². The second-order valence-electron chi connectivity index (χ2n) is 4.73. The van der Waals surface area contributed by atoms with Crippen LogP contribution in [-0.2, 0) is 21.2 Å². The number of amides is 1. The van der Waals surface area contributed by atoms with Crippen molar-refractivity contribution >= 4 is 33.3 Å². The maximum Gasteiger partial charge on any atom is 0.337 e. The highest BCUT2D eigenvalue weighted by molar-refractivity contribution is 7.90. The second kappa shape index (κ2) is 6.95. The number of hydrazine groups is 1. The first-order valence-electron chi connectivity index (χ1n) is 6.17. The molecule has 0 atom stereocenters. The van der Waals surface area contributed by atoms with Gasteiger partial charge >= 0.3 is 5.97 Å². The fourth-order valence-electron chi connectivity index (χ4n) is 1.95. The predicted molar refractivity (Wildman–Crippen MR) is 81.1 cm³/mol. The Kier molecular flexibility index (Phi) is 5.71. The number of carbonyl (C=O) groups excluding carboxylic acids is 1. The summed E-state index contributed by atoms with van der Waals surface area (Å²) in [5, 5.41) is 19.6. The van der Waals surface area contributed by atoms with E-state index in [1.54, 1.807) is 6.19 Å². The molecule has 0 saturated carbocycles. The summed E-state index contributed by atoms with van der Waals surface area (Å²) in [5.41, 5.74) is -0.271. The summed E-state index contributed by atoms with van der Waals surface area (Å²) in [6.45, 7) is 0.919. The zero-order valence-electron chi connectivity index (χ0n) is 12.6. The molecule has 0 unspecified atom stereocenters. The lowest BCUT2D eigenvalue weighted by atomic mass is 10.1. The Morgan fingerprint density at radius 2 is 1.96 bits per heavy atom. The van der Waals surface area contributed by atoms with E-state index in [1.165, 1.54) is 7.05 Å². The molecule has 0 aliphatic heterocycles. The zero-order valence-corrected chi connectivity index (χ0v) is 14.1. The number of hydrogen-bond acceptors (Lipinski definition) is 6. The Morgan fingerprint density at radius 3 is 2.35 bits per heavy atom. The van der Waals surface area contributed by atoms with Crippen molar-refractivity contribution in [2.75, 3.05) is 13.3 Å². The van der Waals surface area contributed by atoms with Crippen LogP contribution in [0.2, 0.25) is 5.02 Å². The molecule has 0 saturated heterocycles. The predicted octanol–water partition coefficient (Wildman–Crippen LogP) is 1.12. The summed E-state index contributed by atoms with van der Waals surface area (Å²) in [6.07, 6.45) is 2.59. The highest BCUT2D eigenvalue weighted by atomic mass is 35.5. The lowest BCUT2D eigenvalue weighted by Gasteiger charge is -2.25. The van der Waals surface area contributed by atoms with Crippen LogP contribution in [0.5, 0.6) is 0 Å². The van der Waals surface area contributed by atoms with E-state index >= 15 is 0 Å². The van der Waals surface area contributed by atoms with E-state index in [9.17, 15) is 18.0 Å². The maximum atomic E-state index is 11.9. The lowest BCUT2D eigenvalue weighted by molar-refractivity contribution is -0.137. The number of carboxylic acid groups (broad SMARTS) is 1. The second-order valence-corrected chi connectivity index (χ2v) is 7.09. The van der Waals surface area contributed by atoms with Crippen molar-refractivity contribution in [1.29, 1.82) is 5.26 Å². The van der Waals surface area contributed by atoms with Crippen LogP contribution in [-0.4, -0.2) is 48.7 Å². The fourth-order valence-corrected chi connectivity index (χ4v) is 3.24. The van der Waals surface area contributed by atoms with Gasteiger partial charge in [-0.1, -0.05) is 11.6 Å². The van der Waals surface area contributed by atoms with Crippen molar-refractivity contribution in [2.45, 2.75) is 18.4 Å². The molecule has 1 N–H and O–H groups in total. The average molecular weight is 360 g/mol. The Bertz CT molecular complexity index is 801. The Balaban J connectivity index is 3.49. The van der Waals surface area contributed by atoms with Crippen LogP contribution in [0.1, 0.15) is 22.8 Å². The Hall–Kier alpha value is -2.15. The Morgan fingerprint density at radius 1 is 1.39 bits per heavy atom. The first-order valence-corrected chi connectivity index (χ1v) is 8.43. The minimum atomic E-state index is -3.69. The molecule has 10 heteroatoms. The standard InChI is InChI=1S/C13H14ClN3O5S/c1-8(18)17(7-15)16(2)6-10-11(23(3,21)22)5-4-9(12(10)14)13(19)20/h4-5H,6H2,1-3H3,(H,19,20). The maximum absolute atomic E-state index is 11.9. The molecule has 1 aromatic carbocycles. The van der Waals surface area contributed by atoms with Gasteiger partial charge in [-0.3, -0.25) is 4.79 Å². The van der Waals surface area contributed by atoms with Crippen molar-refractivity contribution in [3.63, 3.8) is 0 Å². The van der Waals surface area contributed by atoms with Crippen molar-refractivity contribution < 1.29 is 23.1 Å². The molecule has 0 aromatic heterocycles. The quantitative estimate of drug-likeness (QED) is 0.475. The number of hydrogen-bond donors (Lipinski definition) is 1. The molecule has 124 valence electrons. The number of carbonyl (C=O) groups is 2. The summed E-state index contributed by atoms with van der Waals surface area (Å²) in [6, 6.07) is 2.23. The Labute approximate surface area is 138 Å². The molecule has 0 radical (unpaired) electrons. The molecule has 0 heterocycles. The number of aromatic carboxylic acids is 1. The normalized spacial score (nSPS) is 11.1. The SMILES string of the molecule is CC(=O)N(C#N)N(C)Cc1c(S(C)(=O)=O)ccc(C(=O)O)c1Cl. The molecule has 0 aliphatic carbocycles. The smallest absolute Gasteiger partial charge is 0.337 e. The number of carboxylic acids is 1. The topological polar surface area (TPSA) is 119 Å². The number of halogens is 1. The molecule has 1 aromatic rings. The van der Waals surface area contributed by atoms with Gasteiger partial charge in [0, 0.05) is 32.3 Å². The molecule has 1 amide bonds. The van der Waals surface area contributed by atoms with E-state index in [4.69, 9.17) is 22.0 Å². The van der Waals surface area contributed by atoms with Crippen LogP contribution in [0, 0.1) is 11.5 Å². The van der Waals surface area contributed by atoms with E-state index < -0.39 is 21.7 Å².